The van der Waals surface area contributed by atoms with Crippen molar-refractivity contribution in [2.75, 3.05) is 19.6 Å². The van der Waals surface area contributed by atoms with Crippen molar-refractivity contribution < 1.29 is 18.8 Å². The predicted molar refractivity (Wildman–Crippen MR) is 110 cm³/mol. The molecule has 7 nitrogen and oxygen atoms in total. The Balaban J connectivity index is 1.31. The number of imide groups is 1. The molecule has 1 aromatic carbocycles. The summed E-state index contributed by atoms with van der Waals surface area (Å²) in [5.41, 5.74) is -0.659. The van der Waals surface area contributed by atoms with Crippen LogP contribution in [0.15, 0.2) is 34.7 Å². The minimum Gasteiger partial charge on any atom is -0.458 e. The third kappa shape index (κ3) is 3.07. The van der Waals surface area contributed by atoms with E-state index < -0.39 is 17.5 Å². The van der Waals surface area contributed by atoms with Gasteiger partial charge < -0.3 is 14.6 Å². The molecule has 0 bridgehead atoms. The Morgan fingerprint density at radius 3 is 2.73 bits per heavy atom. The molecular weight excluding hydrogens is 382 g/mol. The second-order valence-electron chi connectivity index (χ2n) is 9.03. The van der Waals surface area contributed by atoms with E-state index >= 15 is 0 Å². The van der Waals surface area contributed by atoms with E-state index in [2.05, 4.69) is 5.32 Å². The van der Waals surface area contributed by atoms with E-state index in [1.807, 2.05) is 29.2 Å². The monoisotopic (exact) mass is 409 g/mol. The first-order valence-electron chi connectivity index (χ1n) is 10.9. The second-order valence-corrected chi connectivity index (χ2v) is 9.03. The molecule has 3 fully saturated rings. The number of hydrogen-bond donors (Lipinski definition) is 1. The van der Waals surface area contributed by atoms with Crippen LogP contribution in [-0.4, -0.2) is 47.3 Å². The van der Waals surface area contributed by atoms with Crippen LogP contribution in [0.3, 0.4) is 0 Å². The van der Waals surface area contributed by atoms with Crippen LogP contribution in [0.25, 0.3) is 11.0 Å². The number of carbonyl (C=O) groups excluding carboxylic acids is 3. The van der Waals surface area contributed by atoms with E-state index in [-0.39, 0.29) is 12.5 Å². The number of urea groups is 1. The number of hydrogen-bond acceptors (Lipinski definition) is 4. The lowest BCUT2D eigenvalue weighted by atomic mass is 9.75. The van der Waals surface area contributed by atoms with Crippen molar-refractivity contribution in [3.63, 3.8) is 0 Å². The smallest absolute Gasteiger partial charge is 0.325 e. The van der Waals surface area contributed by atoms with Gasteiger partial charge in [-0.25, -0.2) is 4.79 Å². The standard InChI is InChI=1S/C23H27N3O4/c1-23(19-12-16-7-4-5-9-18(16)30-19)21(28)26(22(29)24-23)14-20(27)25-11-10-15-6-2-3-8-17(15)13-25/h4-5,7,9,12,15,17H,2-3,6,8,10-11,13-14H2,1H3,(H,24,29)/t15-,17-,23+/m0/s1. The van der Waals surface area contributed by atoms with Gasteiger partial charge >= 0.3 is 6.03 Å². The summed E-state index contributed by atoms with van der Waals surface area (Å²) in [7, 11) is 0. The Morgan fingerprint density at radius 2 is 1.93 bits per heavy atom. The molecule has 3 atom stereocenters. The van der Waals surface area contributed by atoms with E-state index in [1.165, 1.54) is 25.7 Å². The molecule has 7 heteroatoms. The summed E-state index contributed by atoms with van der Waals surface area (Å²) >= 11 is 0. The van der Waals surface area contributed by atoms with Crippen molar-refractivity contribution in [2.24, 2.45) is 11.8 Å². The van der Waals surface area contributed by atoms with Crippen LogP contribution in [0.2, 0.25) is 0 Å². The summed E-state index contributed by atoms with van der Waals surface area (Å²) in [5, 5.41) is 3.60. The molecule has 1 aliphatic carbocycles. The normalized spacial score (nSPS) is 29.2. The molecule has 0 radical (unpaired) electrons. The number of amides is 4. The number of nitrogens with zero attached hydrogens (tertiary/aromatic N) is 2. The van der Waals surface area contributed by atoms with Crippen LogP contribution in [0.1, 0.15) is 44.8 Å². The van der Waals surface area contributed by atoms with Gasteiger partial charge in [0.1, 0.15) is 17.9 Å². The van der Waals surface area contributed by atoms with Gasteiger partial charge in [0.2, 0.25) is 5.91 Å². The van der Waals surface area contributed by atoms with Crippen LogP contribution in [0.4, 0.5) is 4.79 Å². The Hall–Kier alpha value is -2.83. The zero-order valence-corrected chi connectivity index (χ0v) is 17.2. The van der Waals surface area contributed by atoms with E-state index in [0.717, 1.165) is 29.2 Å². The lowest BCUT2D eigenvalue weighted by Gasteiger charge is -2.41. The number of likely N-dealkylation sites (tertiary alicyclic amines) is 1. The zero-order valence-electron chi connectivity index (χ0n) is 17.2. The Bertz CT molecular complexity index is 982. The van der Waals surface area contributed by atoms with Gasteiger partial charge in [-0.3, -0.25) is 14.5 Å². The molecule has 5 rings (SSSR count). The first kappa shape index (κ1) is 19.2. The molecule has 2 saturated heterocycles. The van der Waals surface area contributed by atoms with E-state index in [0.29, 0.717) is 23.8 Å². The average Bonchev–Trinajstić information content (AvgIpc) is 3.29. The van der Waals surface area contributed by atoms with Gasteiger partial charge in [0.25, 0.3) is 5.91 Å². The molecule has 0 unspecified atom stereocenters. The molecule has 158 valence electrons. The van der Waals surface area contributed by atoms with Crippen LogP contribution in [0, 0.1) is 11.8 Å². The summed E-state index contributed by atoms with van der Waals surface area (Å²) in [5.74, 6) is 1.04. The molecule has 4 amide bonds. The lowest BCUT2D eigenvalue weighted by Crippen LogP contribution is -2.49. The molecule has 30 heavy (non-hydrogen) atoms. The SMILES string of the molecule is C[C@]1(c2cc3ccccc3o2)NC(=O)N(CC(=O)N2CC[C@@H]3CCCC[C@H]3C2)C1=O. The maximum absolute atomic E-state index is 13.2. The highest BCUT2D eigenvalue weighted by Crippen LogP contribution is 2.36. The third-order valence-corrected chi connectivity index (χ3v) is 7.13. The summed E-state index contributed by atoms with van der Waals surface area (Å²) < 4.78 is 5.84. The largest absolute Gasteiger partial charge is 0.458 e. The molecule has 3 heterocycles. The van der Waals surface area contributed by atoms with Crippen molar-refractivity contribution in [3.05, 3.63) is 36.1 Å². The van der Waals surface area contributed by atoms with Gasteiger partial charge in [-0.15, -0.1) is 0 Å². The van der Waals surface area contributed by atoms with Crippen molar-refractivity contribution >= 4 is 28.8 Å². The fourth-order valence-corrected chi connectivity index (χ4v) is 5.30. The Labute approximate surface area is 175 Å². The minimum atomic E-state index is -1.31. The number of carbonyl (C=O) groups is 3. The number of piperidine rings is 1. The Kier molecular flexibility index (Phi) is 4.56. The second kappa shape index (κ2) is 7.15. The number of furan rings is 1. The van der Waals surface area contributed by atoms with Gasteiger partial charge in [-0.2, -0.15) is 0 Å². The highest BCUT2D eigenvalue weighted by Gasteiger charge is 2.52. The highest BCUT2D eigenvalue weighted by molar-refractivity contribution is 6.09. The number of nitrogens with one attached hydrogen (secondary N) is 1. The first-order chi connectivity index (χ1) is 14.5. The molecule has 2 aromatic rings. The first-order valence-corrected chi connectivity index (χ1v) is 10.9. The van der Waals surface area contributed by atoms with Crippen LogP contribution >= 0.6 is 0 Å². The summed E-state index contributed by atoms with van der Waals surface area (Å²) in [6.07, 6.45) is 5.97. The predicted octanol–water partition coefficient (Wildman–Crippen LogP) is 3.24. The molecule has 1 saturated carbocycles. The van der Waals surface area contributed by atoms with Gasteiger partial charge in [0.15, 0.2) is 5.54 Å². The van der Waals surface area contributed by atoms with E-state index in [1.54, 1.807) is 13.0 Å². The number of benzene rings is 1. The third-order valence-electron chi connectivity index (χ3n) is 7.13. The molecular formula is C23H27N3O4. The fraction of sp³-hybridized carbons (Fsp3) is 0.522. The number of fused-ring (bicyclic) bond motifs is 2. The quantitative estimate of drug-likeness (QED) is 0.789. The summed E-state index contributed by atoms with van der Waals surface area (Å²) in [6, 6.07) is 8.67. The zero-order chi connectivity index (χ0) is 20.9. The molecule has 1 N–H and O–H groups in total. The topological polar surface area (TPSA) is 82.9 Å². The molecule has 3 aliphatic rings. The van der Waals surface area contributed by atoms with Gasteiger partial charge in [0, 0.05) is 18.5 Å². The van der Waals surface area contributed by atoms with Crippen molar-refractivity contribution in [2.45, 2.75) is 44.6 Å². The maximum Gasteiger partial charge on any atom is 0.325 e. The van der Waals surface area contributed by atoms with E-state index in [9.17, 15) is 14.4 Å². The molecule has 1 aromatic heterocycles. The number of rotatable bonds is 3. The number of para-hydroxylation sites is 1. The fourth-order valence-electron chi connectivity index (χ4n) is 5.30. The maximum atomic E-state index is 13.2. The minimum absolute atomic E-state index is 0.156. The average molecular weight is 409 g/mol. The van der Waals surface area contributed by atoms with Crippen molar-refractivity contribution in [1.82, 2.24) is 15.1 Å². The summed E-state index contributed by atoms with van der Waals surface area (Å²) in [6.45, 7) is 2.86. The van der Waals surface area contributed by atoms with Gasteiger partial charge in [-0.05, 0) is 43.7 Å². The van der Waals surface area contributed by atoms with Crippen LogP contribution < -0.4 is 5.32 Å². The Morgan fingerprint density at radius 1 is 1.17 bits per heavy atom. The van der Waals surface area contributed by atoms with Crippen LogP contribution in [0.5, 0.6) is 0 Å². The lowest BCUT2D eigenvalue weighted by molar-refractivity contribution is -0.140. The van der Waals surface area contributed by atoms with Crippen molar-refractivity contribution in [3.8, 4) is 0 Å². The summed E-state index contributed by atoms with van der Waals surface area (Å²) in [4.78, 5) is 41.6. The van der Waals surface area contributed by atoms with Crippen LogP contribution in [-0.2, 0) is 15.1 Å². The van der Waals surface area contributed by atoms with Gasteiger partial charge in [-0.1, -0.05) is 37.5 Å². The highest BCUT2D eigenvalue weighted by atomic mass is 16.3. The van der Waals surface area contributed by atoms with Gasteiger partial charge in [0.05, 0.1) is 0 Å². The van der Waals surface area contributed by atoms with Crippen molar-refractivity contribution in [1.29, 1.82) is 0 Å². The van der Waals surface area contributed by atoms with E-state index in [4.69, 9.17) is 4.42 Å². The molecule has 2 aliphatic heterocycles. The molecule has 0 spiro atoms.